The van der Waals surface area contributed by atoms with Crippen LogP contribution in [0.25, 0.3) is 0 Å². The summed E-state index contributed by atoms with van der Waals surface area (Å²) >= 11 is 0. The molecule has 0 aromatic heterocycles. The molecule has 2 heterocycles. The van der Waals surface area contributed by atoms with E-state index in [0.29, 0.717) is 25.0 Å². The second-order valence-corrected chi connectivity index (χ2v) is 13.3. The molecule has 37 heavy (non-hydrogen) atoms. The number of likely N-dealkylation sites (tertiary alicyclic amines) is 1. The molecule has 4 bridgehead atoms. The van der Waals surface area contributed by atoms with Crippen molar-refractivity contribution in [3.8, 4) is 11.5 Å². The van der Waals surface area contributed by atoms with Gasteiger partial charge in [-0.3, -0.25) is 4.90 Å². The maximum atomic E-state index is 11.0. The lowest BCUT2D eigenvalue weighted by Gasteiger charge is -2.76. The second kappa shape index (κ2) is 7.52. The smallest absolute Gasteiger partial charge is 0.165 e. The topological polar surface area (TPSA) is 51.2 Å². The van der Waals surface area contributed by atoms with Gasteiger partial charge in [-0.25, -0.2) is 0 Å². The summed E-state index contributed by atoms with van der Waals surface area (Å²) in [6.07, 6.45) is 8.08. The van der Waals surface area contributed by atoms with Crippen molar-refractivity contribution in [1.82, 2.24) is 4.90 Å². The number of piperidine rings is 1. The molecule has 1 saturated heterocycles. The Kier molecular flexibility index (Phi) is 4.65. The van der Waals surface area contributed by atoms with Crippen molar-refractivity contribution in [3.05, 3.63) is 59.2 Å². The molecular weight excluding hydrogens is 462 g/mol. The van der Waals surface area contributed by atoms with E-state index in [-0.39, 0.29) is 22.3 Å². The van der Waals surface area contributed by atoms with Crippen molar-refractivity contribution in [3.63, 3.8) is 0 Å². The highest BCUT2D eigenvalue weighted by Crippen LogP contribution is 2.79. The molecule has 2 aromatic carbocycles. The van der Waals surface area contributed by atoms with Gasteiger partial charge in [0.15, 0.2) is 11.5 Å². The second-order valence-electron chi connectivity index (χ2n) is 13.3. The lowest BCUT2D eigenvalue weighted by Crippen LogP contribution is -2.83. The van der Waals surface area contributed by atoms with Crippen LogP contribution < -0.4 is 4.74 Å². The molecule has 5 aliphatic carbocycles. The van der Waals surface area contributed by atoms with Gasteiger partial charge in [0.05, 0.1) is 13.2 Å². The fourth-order valence-electron chi connectivity index (χ4n) is 10.1. The van der Waals surface area contributed by atoms with Crippen LogP contribution in [0.3, 0.4) is 0 Å². The average molecular weight is 502 g/mol. The van der Waals surface area contributed by atoms with Crippen molar-refractivity contribution in [2.75, 3.05) is 26.8 Å². The Morgan fingerprint density at radius 3 is 2.70 bits per heavy atom. The minimum atomic E-state index is -0.450. The van der Waals surface area contributed by atoms with Gasteiger partial charge >= 0.3 is 0 Å². The number of hydrogen-bond donors (Lipinski definition) is 1. The standard InChI is InChI=1S/C32H39NO4/c1-29(20-36-18-22-6-4-3-5-7-22)19-30-12-13-32(29,35-2)28-31(30)14-15-33(17-21-8-9-21)25(30)16-23-10-11-24(34)27(37-28)26(23)31/h3-7,10-11,21,25,28,34H,8-9,12-20H2,1-2H3/t25-,28-,29-,30-,31+,32?/m1/s1. The number of phenolic OH excluding ortho intramolecular Hbond substituents is 1. The van der Waals surface area contributed by atoms with E-state index in [1.165, 1.54) is 36.1 Å². The molecule has 5 heteroatoms. The van der Waals surface area contributed by atoms with Gasteiger partial charge in [0, 0.05) is 41.5 Å². The third kappa shape index (κ3) is 2.71. The zero-order valence-corrected chi connectivity index (χ0v) is 22.2. The maximum Gasteiger partial charge on any atom is 0.165 e. The molecule has 5 nitrogen and oxygen atoms in total. The Bertz CT molecular complexity index is 1240. The first kappa shape index (κ1) is 22.9. The van der Waals surface area contributed by atoms with Gasteiger partial charge in [0.1, 0.15) is 11.7 Å². The maximum absolute atomic E-state index is 11.0. The molecule has 2 aliphatic heterocycles. The molecule has 6 atom stereocenters. The highest BCUT2D eigenvalue weighted by Gasteiger charge is 2.83. The van der Waals surface area contributed by atoms with Crippen molar-refractivity contribution < 1.29 is 19.3 Å². The molecule has 0 radical (unpaired) electrons. The third-order valence-electron chi connectivity index (χ3n) is 11.7. The summed E-state index contributed by atoms with van der Waals surface area (Å²) in [7, 11) is 1.89. The third-order valence-corrected chi connectivity index (χ3v) is 11.7. The minimum absolute atomic E-state index is 0.0907. The number of nitrogens with zero attached hydrogens (tertiary/aromatic N) is 1. The molecule has 4 saturated carbocycles. The summed E-state index contributed by atoms with van der Waals surface area (Å²) in [6.45, 7) is 6.03. The fourth-order valence-corrected chi connectivity index (χ4v) is 10.1. The molecule has 9 rings (SSSR count). The summed E-state index contributed by atoms with van der Waals surface area (Å²) in [5.74, 6) is 1.92. The summed E-state index contributed by atoms with van der Waals surface area (Å²) in [4.78, 5) is 2.87. The van der Waals surface area contributed by atoms with Gasteiger partial charge in [-0.15, -0.1) is 0 Å². The average Bonchev–Trinajstić information content (AvgIpc) is 3.64. The first-order chi connectivity index (χ1) is 18.0. The van der Waals surface area contributed by atoms with Crippen LogP contribution in [0.5, 0.6) is 11.5 Å². The summed E-state index contributed by atoms with van der Waals surface area (Å²) < 4.78 is 20.2. The number of ether oxygens (including phenoxy) is 3. The van der Waals surface area contributed by atoms with E-state index < -0.39 is 5.60 Å². The molecular formula is C32H39NO4. The molecule has 1 unspecified atom stereocenters. The Labute approximate surface area is 220 Å². The van der Waals surface area contributed by atoms with Gasteiger partial charge in [0.25, 0.3) is 0 Å². The zero-order valence-electron chi connectivity index (χ0n) is 22.2. The highest BCUT2D eigenvalue weighted by atomic mass is 16.6. The highest BCUT2D eigenvalue weighted by molar-refractivity contribution is 5.63. The van der Waals surface area contributed by atoms with Gasteiger partial charge in [-0.05, 0) is 74.6 Å². The lowest BCUT2D eigenvalue weighted by molar-refractivity contribution is -0.314. The normalized spacial score (nSPS) is 40.9. The lowest BCUT2D eigenvalue weighted by atomic mass is 9.32. The summed E-state index contributed by atoms with van der Waals surface area (Å²) in [6, 6.07) is 15.0. The van der Waals surface area contributed by atoms with E-state index in [2.05, 4.69) is 48.2 Å². The van der Waals surface area contributed by atoms with E-state index in [1.54, 1.807) is 0 Å². The molecule has 2 spiro atoms. The monoisotopic (exact) mass is 501 g/mol. The van der Waals surface area contributed by atoms with Crippen molar-refractivity contribution in [2.24, 2.45) is 16.7 Å². The predicted octanol–water partition coefficient (Wildman–Crippen LogP) is 5.22. The molecule has 196 valence electrons. The van der Waals surface area contributed by atoms with Crippen LogP contribution in [0.15, 0.2) is 42.5 Å². The fraction of sp³-hybridized carbons (Fsp3) is 0.625. The minimum Gasteiger partial charge on any atom is -0.504 e. The number of hydrogen-bond acceptors (Lipinski definition) is 5. The molecule has 0 amide bonds. The molecule has 7 aliphatic rings. The number of rotatable bonds is 7. The largest absolute Gasteiger partial charge is 0.504 e. The first-order valence-electron chi connectivity index (χ1n) is 14.4. The van der Waals surface area contributed by atoms with E-state index in [1.807, 2.05) is 13.2 Å². The molecule has 1 N–H and O–H groups in total. The van der Waals surface area contributed by atoms with Crippen LogP contribution in [0, 0.1) is 16.7 Å². The van der Waals surface area contributed by atoms with E-state index in [9.17, 15) is 5.11 Å². The van der Waals surface area contributed by atoms with Crippen LogP contribution in [0.4, 0.5) is 0 Å². The van der Waals surface area contributed by atoms with E-state index in [0.717, 1.165) is 50.3 Å². The van der Waals surface area contributed by atoms with Gasteiger partial charge in [-0.2, -0.15) is 0 Å². The Morgan fingerprint density at radius 2 is 1.92 bits per heavy atom. The van der Waals surface area contributed by atoms with E-state index >= 15 is 0 Å². The van der Waals surface area contributed by atoms with Crippen molar-refractivity contribution in [2.45, 2.75) is 81.6 Å². The van der Waals surface area contributed by atoms with Gasteiger partial charge in [0.2, 0.25) is 0 Å². The Hall–Kier alpha value is -2.08. The van der Waals surface area contributed by atoms with Gasteiger partial charge in [-0.1, -0.05) is 43.3 Å². The number of aromatic hydroxyl groups is 1. The number of phenols is 1. The number of benzene rings is 2. The first-order valence-corrected chi connectivity index (χ1v) is 14.4. The van der Waals surface area contributed by atoms with Crippen LogP contribution in [0.2, 0.25) is 0 Å². The number of fused-ring (bicyclic) bond motifs is 2. The SMILES string of the molecule is COC12CC[C@@]3(C[C@]1(C)COCc1ccccc1)[C@H]1Cc4ccc(O)c5c4[C@@]3(CCN1CC1CC1)[C@H]2O5. The van der Waals surface area contributed by atoms with Crippen LogP contribution >= 0.6 is 0 Å². The summed E-state index contributed by atoms with van der Waals surface area (Å²) in [5.41, 5.74) is 3.32. The van der Waals surface area contributed by atoms with Crippen LogP contribution in [-0.4, -0.2) is 54.6 Å². The predicted molar refractivity (Wildman–Crippen MR) is 141 cm³/mol. The van der Waals surface area contributed by atoms with Crippen LogP contribution in [0.1, 0.15) is 62.1 Å². The quantitative estimate of drug-likeness (QED) is 0.564. The van der Waals surface area contributed by atoms with E-state index in [4.69, 9.17) is 14.2 Å². The Balaban J connectivity index is 1.25. The van der Waals surface area contributed by atoms with Crippen molar-refractivity contribution in [1.29, 1.82) is 0 Å². The molecule has 5 fully saturated rings. The zero-order chi connectivity index (χ0) is 25.0. The summed E-state index contributed by atoms with van der Waals surface area (Å²) in [5, 5.41) is 11.0. The van der Waals surface area contributed by atoms with Crippen molar-refractivity contribution >= 4 is 0 Å². The van der Waals surface area contributed by atoms with Crippen LogP contribution in [-0.2, 0) is 27.9 Å². The molecule has 2 aromatic rings. The Morgan fingerprint density at radius 1 is 1.08 bits per heavy atom. The van der Waals surface area contributed by atoms with Gasteiger partial charge < -0.3 is 19.3 Å². The number of methoxy groups -OCH3 is 1.